The standard InChI is InChI=1S/C17H22O3Se/c1-4-15(20-13-19-3)11-10-14(2)12-17(18)21-16-8-6-5-7-9-16/h4-9,12,15H,1,10-11,13H2,2-3H3/b14-12+/t15-/m1/s1. The summed E-state index contributed by atoms with van der Waals surface area (Å²) in [7, 11) is 1.59. The number of allylic oxidation sites excluding steroid dienone is 2. The predicted molar refractivity (Wildman–Crippen MR) is 86.8 cm³/mol. The topological polar surface area (TPSA) is 35.5 Å². The fourth-order valence-corrected chi connectivity index (χ4v) is 3.35. The van der Waals surface area contributed by atoms with Gasteiger partial charge in [0.05, 0.1) is 0 Å². The molecule has 0 saturated heterocycles. The quantitative estimate of drug-likeness (QED) is 0.281. The summed E-state index contributed by atoms with van der Waals surface area (Å²) in [5.41, 5.74) is 1.07. The van der Waals surface area contributed by atoms with Crippen molar-refractivity contribution >= 4 is 24.1 Å². The van der Waals surface area contributed by atoms with Gasteiger partial charge in [-0.15, -0.1) is 0 Å². The molecule has 21 heavy (non-hydrogen) atoms. The molecule has 0 aliphatic rings. The molecule has 0 saturated carbocycles. The van der Waals surface area contributed by atoms with Gasteiger partial charge in [-0.05, 0) is 0 Å². The van der Waals surface area contributed by atoms with Gasteiger partial charge in [0.25, 0.3) is 0 Å². The normalized spacial score (nSPS) is 13.0. The van der Waals surface area contributed by atoms with Crippen LogP contribution in [0.5, 0.6) is 0 Å². The van der Waals surface area contributed by atoms with E-state index < -0.39 is 0 Å². The van der Waals surface area contributed by atoms with Crippen LogP contribution in [-0.4, -0.2) is 39.6 Å². The Morgan fingerprint density at radius 3 is 2.71 bits per heavy atom. The average Bonchev–Trinajstić information content (AvgIpc) is 2.48. The van der Waals surface area contributed by atoms with Crippen molar-refractivity contribution in [3.8, 4) is 0 Å². The summed E-state index contributed by atoms with van der Waals surface area (Å²) in [5.74, 6) is 0. The molecule has 0 spiro atoms. The zero-order chi connectivity index (χ0) is 15.5. The SMILES string of the molecule is C=C[C@H](CC/C(C)=C/C(=O)[Se]c1ccccc1)OCOC. The van der Waals surface area contributed by atoms with Crippen LogP contribution in [0.15, 0.2) is 54.6 Å². The molecule has 0 amide bonds. The minimum absolute atomic E-state index is 0.0389. The zero-order valence-electron chi connectivity index (χ0n) is 12.6. The van der Waals surface area contributed by atoms with Gasteiger partial charge in [0, 0.05) is 0 Å². The molecule has 0 N–H and O–H groups in total. The Hall–Kier alpha value is -1.19. The molecule has 1 aromatic rings. The molecule has 3 nitrogen and oxygen atoms in total. The minimum atomic E-state index is -0.146. The van der Waals surface area contributed by atoms with Crippen LogP contribution >= 0.6 is 0 Å². The van der Waals surface area contributed by atoms with E-state index in [4.69, 9.17) is 9.47 Å². The summed E-state index contributed by atoms with van der Waals surface area (Å²) in [6, 6.07) is 9.87. The van der Waals surface area contributed by atoms with Crippen molar-refractivity contribution in [2.45, 2.75) is 25.9 Å². The third-order valence-electron chi connectivity index (χ3n) is 2.81. The van der Waals surface area contributed by atoms with Gasteiger partial charge < -0.3 is 0 Å². The van der Waals surface area contributed by atoms with Crippen LogP contribution < -0.4 is 4.46 Å². The van der Waals surface area contributed by atoms with Gasteiger partial charge in [-0.1, -0.05) is 0 Å². The summed E-state index contributed by atoms with van der Waals surface area (Å²) >= 11 is -0.146. The predicted octanol–water partition coefficient (Wildman–Crippen LogP) is 2.44. The second-order valence-electron chi connectivity index (χ2n) is 4.61. The zero-order valence-corrected chi connectivity index (χ0v) is 14.3. The number of carbonyl (C=O) groups is 1. The maximum atomic E-state index is 12.0. The Bertz CT molecular complexity index is 468. The van der Waals surface area contributed by atoms with Crippen LogP contribution in [0.25, 0.3) is 0 Å². The van der Waals surface area contributed by atoms with Crippen molar-refractivity contribution in [3.63, 3.8) is 0 Å². The van der Waals surface area contributed by atoms with Gasteiger partial charge in [-0.3, -0.25) is 0 Å². The van der Waals surface area contributed by atoms with Gasteiger partial charge in [-0.2, -0.15) is 0 Å². The van der Waals surface area contributed by atoms with E-state index in [1.807, 2.05) is 37.3 Å². The van der Waals surface area contributed by atoms with Gasteiger partial charge in [0.15, 0.2) is 0 Å². The monoisotopic (exact) mass is 354 g/mol. The van der Waals surface area contributed by atoms with Crippen molar-refractivity contribution in [3.05, 3.63) is 54.6 Å². The number of ether oxygens (including phenoxy) is 2. The first-order valence-electron chi connectivity index (χ1n) is 6.83. The summed E-state index contributed by atoms with van der Waals surface area (Å²) in [6.45, 7) is 5.99. The van der Waals surface area contributed by atoms with Crippen LogP contribution in [0, 0.1) is 0 Å². The number of hydrogen-bond donors (Lipinski definition) is 0. The Morgan fingerprint density at radius 2 is 2.10 bits per heavy atom. The van der Waals surface area contributed by atoms with Crippen LogP contribution in [0.3, 0.4) is 0 Å². The molecule has 0 aromatic heterocycles. The first kappa shape index (κ1) is 17.9. The third kappa shape index (κ3) is 7.98. The molecule has 0 unspecified atom stereocenters. The maximum absolute atomic E-state index is 12.0. The fourth-order valence-electron chi connectivity index (χ4n) is 1.70. The molecule has 0 radical (unpaired) electrons. The van der Waals surface area contributed by atoms with Gasteiger partial charge in [0.1, 0.15) is 0 Å². The van der Waals surface area contributed by atoms with Crippen LogP contribution in [-0.2, 0) is 14.3 Å². The third-order valence-corrected chi connectivity index (χ3v) is 4.55. The molecule has 0 aliphatic heterocycles. The van der Waals surface area contributed by atoms with Gasteiger partial charge >= 0.3 is 133 Å². The summed E-state index contributed by atoms with van der Waals surface area (Å²) in [5, 5.41) is 0. The number of methoxy groups -OCH3 is 1. The van der Waals surface area contributed by atoms with Crippen LogP contribution in [0.2, 0.25) is 0 Å². The van der Waals surface area contributed by atoms with Crippen molar-refractivity contribution in [1.82, 2.24) is 0 Å². The van der Waals surface area contributed by atoms with E-state index in [1.165, 1.54) is 0 Å². The summed E-state index contributed by atoms with van der Waals surface area (Å²) in [6.07, 6.45) is 5.10. The summed E-state index contributed by atoms with van der Waals surface area (Å²) < 4.78 is 11.6. The van der Waals surface area contributed by atoms with Gasteiger partial charge in [-0.25, -0.2) is 0 Å². The molecule has 1 aromatic carbocycles. The number of benzene rings is 1. The average molecular weight is 353 g/mol. The number of carbonyl (C=O) groups excluding carboxylic acids is 1. The molecule has 114 valence electrons. The Kier molecular flexibility index (Phi) is 8.95. The van der Waals surface area contributed by atoms with Crippen molar-refractivity contribution in [2.24, 2.45) is 0 Å². The second-order valence-corrected chi connectivity index (χ2v) is 6.87. The van der Waals surface area contributed by atoms with Crippen LogP contribution in [0.4, 0.5) is 0 Å². The van der Waals surface area contributed by atoms with E-state index in [9.17, 15) is 4.79 Å². The fraction of sp³-hybridized carbons (Fsp3) is 0.353. The van der Waals surface area contributed by atoms with E-state index in [0.29, 0.717) is 0 Å². The number of hydrogen-bond acceptors (Lipinski definition) is 3. The Balaban J connectivity index is 2.41. The molecular formula is C17H22O3Se. The Labute approximate surface area is 133 Å². The molecule has 0 heterocycles. The number of rotatable bonds is 10. The van der Waals surface area contributed by atoms with E-state index in [2.05, 4.69) is 6.58 Å². The van der Waals surface area contributed by atoms with Crippen molar-refractivity contribution < 1.29 is 14.3 Å². The van der Waals surface area contributed by atoms with Crippen molar-refractivity contribution in [2.75, 3.05) is 13.9 Å². The molecule has 0 aliphatic carbocycles. The van der Waals surface area contributed by atoms with E-state index in [0.717, 1.165) is 22.9 Å². The van der Waals surface area contributed by atoms with E-state index >= 15 is 0 Å². The summed E-state index contributed by atoms with van der Waals surface area (Å²) in [4.78, 5) is 12.0. The van der Waals surface area contributed by atoms with Gasteiger partial charge in [0.2, 0.25) is 0 Å². The van der Waals surface area contributed by atoms with Crippen molar-refractivity contribution in [1.29, 1.82) is 0 Å². The molecule has 0 bridgehead atoms. The second kappa shape index (κ2) is 10.5. The van der Waals surface area contributed by atoms with E-state index in [1.54, 1.807) is 19.3 Å². The molecule has 1 atom stereocenters. The molecule has 1 rings (SSSR count). The first-order chi connectivity index (χ1) is 10.2. The Morgan fingerprint density at radius 1 is 1.38 bits per heavy atom. The molecule has 4 heteroatoms. The van der Waals surface area contributed by atoms with Crippen LogP contribution in [0.1, 0.15) is 19.8 Å². The first-order valence-corrected chi connectivity index (χ1v) is 8.54. The molecular weight excluding hydrogens is 331 g/mol. The van der Waals surface area contributed by atoms with E-state index in [-0.39, 0.29) is 32.5 Å². The molecule has 0 fully saturated rings.